The maximum Gasteiger partial charge on any atom is 0.397 e. The second-order valence-electron chi connectivity index (χ2n) is 20.6. The maximum absolute atomic E-state index is 13.1. The van der Waals surface area contributed by atoms with Gasteiger partial charge in [-0.3, -0.25) is 9.35 Å². The van der Waals surface area contributed by atoms with Crippen LogP contribution in [0.4, 0.5) is 0 Å². The number of aliphatic hydroxyl groups excluding tert-OH is 4. The molecule has 0 bridgehead atoms. The SMILES string of the molecule is CCCCCCCCCCCCCCC/C=C/C(O)C(COC1OC(CO)C(O)C(OS(=O)(=O)O)C1O)NC(=O)CCCCCCCCCCCCCCCCCCCCCCCCCCCCC. The summed E-state index contributed by atoms with van der Waals surface area (Å²) in [6, 6.07) is -0.939. The first kappa shape index (κ1) is 65.9. The summed E-state index contributed by atoms with van der Waals surface area (Å²) in [7, 11) is -5.09. The highest BCUT2D eigenvalue weighted by atomic mass is 32.3. The average molecular weight is 1000 g/mol. The van der Waals surface area contributed by atoms with Gasteiger partial charge in [-0.15, -0.1) is 0 Å². The van der Waals surface area contributed by atoms with E-state index in [0.29, 0.717) is 6.42 Å². The van der Waals surface area contributed by atoms with Crippen molar-refractivity contribution in [1.82, 2.24) is 5.32 Å². The number of hydrogen-bond acceptors (Lipinski definition) is 10. The van der Waals surface area contributed by atoms with E-state index >= 15 is 0 Å². The van der Waals surface area contributed by atoms with E-state index in [2.05, 4.69) is 23.3 Å². The van der Waals surface area contributed by atoms with Crippen molar-refractivity contribution in [2.24, 2.45) is 0 Å². The van der Waals surface area contributed by atoms with Crippen LogP contribution in [0.5, 0.6) is 0 Å². The molecule has 0 aromatic rings. The predicted octanol–water partition coefficient (Wildman–Crippen LogP) is 13.5. The van der Waals surface area contributed by atoms with E-state index in [-0.39, 0.29) is 18.9 Å². The Morgan fingerprint density at radius 1 is 0.565 bits per heavy atom. The van der Waals surface area contributed by atoms with Crippen molar-refractivity contribution in [3.05, 3.63) is 12.2 Å². The zero-order valence-electron chi connectivity index (χ0n) is 44.4. The third kappa shape index (κ3) is 39.0. The zero-order chi connectivity index (χ0) is 50.5. The highest BCUT2D eigenvalue weighted by Gasteiger charge is 2.48. The number of nitrogens with one attached hydrogen (secondary N) is 1. The Morgan fingerprint density at radius 3 is 1.26 bits per heavy atom. The van der Waals surface area contributed by atoms with Crippen LogP contribution in [0.25, 0.3) is 0 Å². The lowest BCUT2D eigenvalue weighted by atomic mass is 9.99. The number of ether oxygens (including phenoxy) is 2. The Kier molecular flexibility index (Phi) is 44.5. The summed E-state index contributed by atoms with van der Waals surface area (Å²) in [5.74, 6) is -0.256. The van der Waals surface area contributed by atoms with Gasteiger partial charge in [0, 0.05) is 6.42 Å². The van der Waals surface area contributed by atoms with Crippen molar-refractivity contribution < 1.29 is 51.8 Å². The number of hydrogen-bond donors (Lipinski definition) is 6. The zero-order valence-corrected chi connectivity index (χ0v) is 45.2. The van der Waals surface area contributed by atoms with E-state index in [1.165, 1.54) is 218 Å². The topological polar surface area (TPSA) is 192 Å². The van der Waals surface area contributed by atoms with Gasteiger partial charge < -0.3 is 35.2 Å². The first-order chi connectivity index (χ1) is 33.5. The molecule has 69 heavy (non-hydrogen) atoms. The van der Waals surface area contributed by atoms with Gasteiger partial charge in [-0.25, -0.2) is 4.18 Å². The third-order valence-electron chi connectivity index (χ3n) is 14.1. The number of allylic oxidation sites excluding steroid dienone is 1. The molecule has 6 N–H and O–H groups in total. The summed E-state index contributed by atoms with van der Waals surface area (Å²) in [4.78, 5) is 13.1. The molecular formula is C56H109NO11S. The lowest BCUT2D eigenvalue weighted by molar-refractivity contribution is -0.298. The van der Waals surface area contributed by atoms with Crippen LogP contribution in [-0.2, 0) is 28.9 Å². The van der Waals surface area contributed by atoms with Crippen LogP contribution in [0.15, 0.2) is 12.2 Å². The monoisotopic (exact) mass is 1000 g/mol. The summed E-state index contributed by atoms with van der Waals surface area (Å²) < 4.78 is 47.8. The van der Waals surface area contributed by atoms with Crippen molar-refractivity contribution in [2.45, 2.75) is 326 Å². The minimum absolute atomic E-state index is 0.256. The molecule has 1 rings (SSSR count). The Labute approximate surface area is 423 Å². The molecule has 12 nitrogen and oxygen atoms in total. The van der Waals surface area contributed by atoms with Gasteiger partial charge in [0.05, 0.1) is 25.4 Å². The fraction of sp³-hybridized carbons (Fsp3) is 0.946. The van der Waals surface area contributed by atoms with E-state index < -0.39 is 59.9 Å². The summed E-state index contributed by atoms with van der Waals surface area (Å²) in [5, 5.41) is 44.9. The standard InChI is InChI=1S/C56H109NO11S/c1-3-5-7-9-11-13-15-17-19-20-21-22-23-24-25-26-27-28-29-30-32-34-36-38-40-42-44-46-52(60)57-49(48-66-56-54(62)55(68-69(63,64)65)53(61)51(47-58)67-56)50(59)45-43-41-39-37-35-33-31-18-16-14-12-10-8-6-4-2/h43,45,49-51,53-56,58-59,61-62H,3-42,44,46-48H2,1-2H3,(H,57,60)(H,63,64,65)/b45-43+. The van der Waals surface area contributed by atoms with Crippen LogP contribution >= 0.6 is 0 Å². The van der Waals surface area contributed by atoms with E-state index in [4.69, 9.17) is 9.47 Å². The largest absolute Gasteiger partial charge is 0.397 e. The van der Waals surface area contributed by atoms with Gasteiger partial charge in [0.1, 0.15) is 24.4 Å². The van der Waals surface area contributed by atoms with Crippen LogP contribution < -0.4 is 5.32 Å². The van der Waals surface area contributed by atoms with Gasteiger partial charge >= 0.3 is 10.4 Å². The molecule has 0 aromatic heterocycles. The van der Waals surface area contributed by atoms with Crippen LogP contribution in [0.1, 0.15) is 284 Å². The van der Waals surface area contributed by atoms with Gasteiger partial charge in [-0.1, -0.05) is 270 Å². The van der Waals surface area contributed by atoms with Gasteiger partial charge in [0.25, 0.3) is 0 Å². The number of aliphatic hydroxyl groups is 4. The highest BCUT2D eigenvalue weighted by Crippen LogP contribution is 2.26. The predicted molar refractivity (Wildman–Crippen MR) is 282 cm³/mol. The van der Waals surface area contributed by atoms with Crippen molar-refractivity contribution in [2.75, 3.05) is 13.2 Å². The van der Waals surface area contributed by atoms with Gasteiger partial charge in [0.15, 0.2) is 6.29 Å². The molecule has 13 heteroatoms. The second kappa shape index (κ2) is 46.6. The molecule has 1 fully saturated rings. The van der Waals surface area contributed by atoms with Gasteiger partial charge in [0.2, 0.25) is 5.91 Å². The normalized spacial score (nSPS) is 19.7. The lowest BCUT2D eigenvalue weighted by Crippen LogP contribution is -2.61. The Morgan fingerprint density at radius 2 is 0.913 bits per heavy atom. The summed E-state index contributed by atoms with van der Waals surface area (Å²) >= 11 is 0. The minimum atomic E-state index is -5.09. The number of unbranched alkanes of at least 4 members (excludes halogenated alkanes) is 39. The summed E-state index contributed by atoms with van der Waals surface area (Å²) in [6.45, 7) is 3.43. The molecule has 0 spiro atoms. The molecule has 7 unspecified atom stereocenters. The van der Waals surface area contributed by atoms with Gasteiger partial charge in [-0.2, -0.15) is 8.42 Å². The molecule has 0 aromatic carbocycles. The molecule has 1 amide bonds. The van der Waals surface area contributed by atoms with Crippen molar-refractivity contribution in [3.63, 3.8) is 0 Å². The number of rotatable bonds is 51. The smallest absolute Gasteiger partial charge is 0.394 e. The van der Waals surface area contributed by atoms with Crippen LogP contribution in [0.3, 0.4) is 0 Å². The van der Waals surface area contributed by atoms with Crippen molar-refractivity contribution >= 4 is 16.3 Å². The molecule has 410 valence electrons. The van der Waals surface area contributed by atoms with Crippen LogP contribution in [0.2, 0.25) is 0 Å². The Bertz CT molecular complexity index is 1270. The van der Waals surface area contributed by atoms with E-state index in [0.717, 1.165) is 38.5 Å². The lowest BCUT2D eigenvalue weighted by Gasteiger charge is -2.41. The van der Waals surface area contributed by atoms with E-state index in [1.807, 2.05) is 6.08 Å². The Balaban J connectivity index is 2.30. The van der Waals surface area contributed by atoms with Crippen molar-refractivity contribution in [3.8, 4) is 0 Å². The second-order valence-corrected chi connectivity index (χ2v) is 21.6. The van der Waals surface area contributed by atoms with Crippen LogP contribution in [0, 0.1) is 0 Å². The third-order valence-corrected chi connectivity index (χ3v) is 14.5. The molecule has 0 saturated carbocycles. The molecule has 1 saturated heterocycles. The minimum Gasteiger partial charge on any atom is -0.394 e. The summed E-state index contributed by atoms with van der Waals surface area (Å²) in [5.41, 5.74) is 0. The molecule has 1 aliphatic heterocycles. The van der Waals surface area contributed by atoms with E-state index in [9.17, 15) is 38.2 Å². The first-order valence-corrected chi connectivity index (χ1v) is 30.4. The van der Waals surface area contributed by atoms with Crippen LogP contribution in [-0.4, -0.2) is 95.4 Å². The van der Waals surface area contributed by atoms with Gasteiger partial charge in [-0.05, 0) is 19.3 Å². The number of carbonyl (C=O) groups excluding carboxylic acids is 1. The first-order valence-electron chi connectivity index (χ1n) is 29.1. The molecule has 7 atom stereocenters. The van der Waals surface area contributed by atoms with E-state index in [1.54, 1.807) is 6.08 Å². The fourth-order valence-corrected chi connectivity index (χ4v) is 10.1. The molecule has 0 aliphatic carbocycles. The number of amides is 1. The summed E-state index contributed by atoms with van der Waals surface area (Å²) in [6.07, 6.45) is 46.9. The van der Waals surface area contributed by atoms with Crippen molar-refractivity contribution in [1.29, 1.82) is 0 Å². The molecule has 1 aliphatic rings. The maximum atomic E-state index is 13.1. The average Bonchev–Trinajstić information content (AvgIpc) is 3.32. The number of carbonyl (C=O) groups is 1. The molecular weight excluding hydrogens is 895 g/mol. The quantitative estimate of drug-likeness (QED) is 0.0193. The Hall–Kier alpha value is -1.16. The molecule has 0 radical (unpaired) electrons. The highest BCUT2D eigenvalue weighted by molar-refractivity contribution is 7.80. The fourth-order valence-electron chi connectivity index (χ4n) is 9.58. The molecule has 1 heterocycles.